The monoisotopic (exact) mass is 262 g/mol. The summed E-state index contributed by atoms with van der Waals surface area (Å²) in [7, 11) is 0. The minimum Gasteiger partial charge on any atom is -0.376 e. The Morgan fingerprint density at radius 2 is 2.11 bits per heavy atom. The first-order chi connectivity index (χ1) is 9.13. The fraction of sp³-hybridized carbons (Fsp3) is 0.600. The molecule has 4 nitrogen and oxygen atoms in total. The Balaban J connectivity index is 2.22. The van der Waals surface area contributed by atoms with Gasteiger partial charge in [0.05, 0.1) is 4.92 Å². The number of nitro benzene ring substituents is 1. The second-order valence-electron chi connectivity index (χ2n) is 5.43. The number of benzene rings is 1. The van der Waals surface area contributed by atoms with Crippen LogP contribution in [0.3, 0.4) is 0 Å². The topological polar surface area (TPSA) is 55.2 Å². The summed E-state index contributed by atoms with van der Waals surface area (Å²) < 4.78 is 0. The van der Waals surface area contributed by atoms with Gasteiger partial charge in [0.2, 0.25) is 0 Å². The standard InChI is InChI=1S/C15H22N2O2/c1-3-12-8-4-5-9-13(12)16-14-10-6-7-11(2)15(14)17(18)19/h6-7,10,12-13,16H,3-5,8-9H2,1-2H3. The molecule has 1 saturated carbocycles. The van der Waals surface area contributed by atoms with E-state index >= 15 is 0 Å². The Morgan fingerprint density at radius 3 is 2.79 bits per heavy atom. The number of aryl methyl sites for hydroxylation is 1. The van der Waals surface area contributed by atoms with Gasteiger partial charge < -0.3 is 5.32 Å². The maximum Gasteiger partial charge on any atom is 0.295 e. The lowest BCUT2D eigenvalue weighted by Gasteiger charge is -2.32. The lowest BCUT2D eigenvalue weighted by molar-refractivity contribution is -0.384. The fourth-order valence-corrected chi connectivity index (χ4v) is 3.10. The van der Waals surface area contributed by atoms with Crippen LogP contribution in [0.1, 0.15) is 44.6 Å². The van der Waals surface area contributed by atoms with Crippen molar-refractivity contribution >= 4 is 11.4 Å². The Kier molecular flexibility index (Phi) is 4.40. The first-order valence-electron chi connectivity index (χ1n) is 7.14. The molecule has 19 heavy (non-hydrogen) atoms. The van der Waals surface area contributed by atoms with Crippen LogP contribution in [0, 0.1) is 23.0 Å². The van der Waals surface area contributed by atoms with Crippen molar-refractivity contribution in [3.05, 3.63) is 33.9 Å². The van der Waals surface area contributed by atoms with Crippen LogP contribution in [-0.2, 0) is 0 Å². The molecule has 2 atom stereocenters. The molecule has 1 aliphatic carbocycles. The molecule has 1 aromatic rings. The zero-order valence-electron chi connectivity index (χ0n) is 11.7. The molecule has 0 bridgehead atoms. The Hall–Kier alpha value is -1.58. The molecular formula is C15H22N2O2. The molecule has 1 aromatic carbocycles. The molecule has 104 valence electrons. The Labute approximate surface area is 114 Å². The van der Waals surface area contributed by atoms with Gasteiger partial charge in [0, 0.05) is 11.6 Å². The highest BCUT2D eigenvalue weighted by molar-refractivity contribution is 5.65. The lowest BCUT2D eigenvalue weighted by Crippen LogP contribution is -2.32. The Morgan fingerprint density at radius 1 is 1.37 bits per heavy atom. The zero-order valence-corrected chi connectivity index (χ0v) is 11.7. The predicted molar refractivity (Wildman–Crippen MR) is 77.5 cm³/mol. The van der Waals surface area contributed by atoms with E-state index in [0.717, 1.165) is 18.4 Å². The van der Waals surface area contributed by atoms with Crippen LogP contribution >= 0.6 is 0 Å². The summed E-state index contributed by atoms with van der Waals surface area (Å²) >= 11 is 0. The number of rotatable bonds is 4. The largest absolute Gasteiger partial charge is 0.376 e. The van der Waals surface area contributed by atoms with Gasteiger partial charge in [0.1, 0.15) is 5.69 Å². The molecule has 0 spiro atoms. The van der Waals surface area contributed by atoms with Gasteiger partial charge >= 0.3 is 0 Å². The maximum absolute atomic E-state index is 11.2. The summed E-state index contributed by atoms with van der Waals surface area (Å²) in [5, 5.41) is 14.6. The van der Waals surface area contributed by atoms with Gasteiger partial charge in [0.15, 0.2) is 0 Å². The first-order valence-corrected chi connectivity index (χ1v) is 7.14. The summed E-state index contributed by atoms with van der Waals surface area (Å²) in [4.78, 5) is 10.9. The molecule has 0 aliphatic heterocycles. The van der Waals surface area contributed by atoms with E-state index in [2.05, 4.69) is 12.2 Å². The van der Waals surface area contributed by atoms with Gasteiger partial charge in [-0.3, -0.25) is 10.1 Å². The summed E-state index contributed by atoms with van der Waals surface area (Å²) in [6.07, 6.45) is 5.98. The van der Waals surface area contributed by atoms with Gasteiger partial charge in [-0.2, -0.15) is 0 Å². The zero-order chi connectivity index (χ0) is 13.8. The molecule has 1 aliphatic rings. The highest BCUT2D eigenvalue weighted by Gasteiger charge is 2.26. The molecule has 0 aromatic heterocycles. The minimum absolute atomic E-state index is 0.225. The quantitative estimate of drug-likeness (QED) is 0.650. The lowest BCUT2D eigenvalue weighted by atomic mass is 9.82. The van der Waals surface area contributed by atoms with Crippen LogP contribution < -0.4 is 5.32 Å². The maximum atomic E-state index is 11.2. The number of nitrogens with one attached hydrogen (secondary N) is 1. The van der Waals surface area contributed by atoms with Crippen molar-refractivity contribution < 1.29 is 4.92 Å². The second kappa shape index (κ2) is 6.04. The number of nitrogens with zero attached hydrogens (tertiary/aromatic N) is 1. The number of hydrogen-bond donors (Lipinski definition) is 1. The molecule has 4 heteroatoms. The van der Waals surface area contributed by atoms with Crippen LogP contribution in [0.2, 0.25) is 0 Å². The van der Waals surface area contributed by atoms with E-state index in [4.69, 9.17) is 0 Å². The van der Waals surface area contributed by atoms with Crippen molar-refractivity contribution in [2.75, 3.05) is 5.32 Å². The second-order valence-corrected chi connectivity index (χ2v) is 5.43. The molecule has 1 N–H and O–H groups in total. The van der Waals surface area contributed by atoms with Gasteiger partial charge in [-0.05, 0) is 31.7 Å². The van der Waals surface area contributed by atoms with Crippen molar-refractivity contribution in [3.8, 4) is 0 Å². The van der Waals surface area contributed by atoms with Crippen LogP contribution in [0.25, 0.3) is 0 Å². The van der Waals surface area contributed by atoms with Crippen molar-refractivity contribution in [2.45, 2.75) is 52.0 Å². The third-order valence-corrected chi connectivity index (χ3v) is 4.19. The van der Waals surface area contributed by atoms with E-state index in [0.29, 0.717) is 17.6 Å². The van der Waals surface area contributed by atoms with Crippen molar-refractivity contribution in [2.24, 2.45) is 5.92 Å². The molecule has 1 fully saturated rings. The average Bonchev–Trinajstić information content (AvgIpc) is 2.39. The van der Waals surface area contributed by atoms with E-state index in [1.807, 2.05) is 12.1 Å². The van der Waals surface area contributed by atoms with Crippen molar-refractivity contribution in [1.29, 1.82) is 0 Å². The van der Waals surface area contributed by atoms with E-state index in [9.17, 15) is 10.1 Å². The third kappa shape index (κ3) is 3.06. The number of anilines is 1. The Bertz CT molecular complexity index is 459. The average molecular weight is 262 g/mol. The molecule has 0 saturated heterocycles. The summed E-state index contributed by atoms with van der Waals surface area (Å²) in [5.41, 5.74) is 1.62. The minimum atomic E-state index is -0.276. The summed E-state index contributed by atoms with van der Waals surface area (Å²) in [6, 6.07) is 5.88. The van der Waals surface area contributed by atoms with Crippen molar-refractivity contribution in [1.82, 2.24) is 0 Å². The fourth-order valence-electron chi connectivity index (χ4n) is 3.10. The van der Waals surface area contributed by atoms with E-state index in [1.165, 1.54) is 19.3 Å². The predicted octanol–water partition coefficient (Wildman–Crippen LogP) is 4.28. The van der Waals surface area contributed by atoms with Gasteiger partial charge in [-0.15, -0.1) is 0 Å². The smallest absolute Gasteiger partial charge is 0.295 e. The number of para-hydroxylation sites is 1. The van der Waals surface area contributed by atoms with E-state index in [1.54, 1.807) is 13.0 Å². The molecular weight excluding hydrogens is 240 g/mol. The summed E-state index contributed by atoms with van der Waals surface area (Å²) in [6.45, 7) is 4.00. The van der Waals surface area contributed by atoms with Crippen LogP contribution in [-0.4, -0.2) is 11.0 Å². The van der Waals surface area contributed by atoms with Crippen LogP contribution in [0.5, 0.6) is 0 Å². The van der Waals surface area contributed by atoms with E-state index < -0.39 is 0 Å². The number of nitro groups is 1. The van der Waals surface area contributed by atoms with Gasteiger partial charge in [-0.25, -0.2) is 0 Å². The van der Waals surface area contributed by atoms with Gasteiger partial charge in [-0.1, -0.05) is 38.3 Å². The molecule has 0 radical (unpaired) electrons. The van der Waals surface area contributed by atoms with Crippen molar-refractivity contribution in [3.63, 3.8) is 0 Å². The molecule has 2 rings (SSSR count). The van der Waals surface area contributed by atoms with Gasteiger partial charge in [0.25, 0.3) is 5.69 Å². The molecule has 0 amide bonds. The SMILES string of the molecule is CCC1CCCCC1Nc1cccc(C)c1[N+](=O)[O-]. The van der Waals surface area contributed by atoms with Crippen LogP contribution in [0.4, 0.5) is 11.4 Å². The third-order valence-electron chi connectivity index (χ3n) is 4.19. The van der Waals surface area contributed by atoms with Crippen LogP contribution in [0.15, 0.2) is 18.2 Å². The molecule has 0 heterocycles. The highest BCUT2D eigenvalue weighted by atomic mass is 16.6. The normalized spacial score (nSPS) is 23.1. The number of hydrogen-bond acceptors (Lipinski definition) is 3. The van der Waals surface area contributed by atoms with E-state index in [-0.39, 0.29) is 10.6 Å². The highest BCUT2D eigenvalue weighted by Crippen LogP contribution is 2.33. The first kappa shape index (κ1) is 13.8. The molecule has 2 unspecified atom stereocenters. The summed E-state index contributed by atoms with van der Waals surface area (Å²) in [5.74, 6) is 0.633.